The third-order valence-electron chi connectivity index (χ3n) is 4.35. The Morgan fingerprint density at radius 2 is 1.40 bits per heavy atom. The third kappa shape index (κ3) is 4.59. The van der Waals surface area contributed by atoms with E-state index in [1.54, 1.807) is 72.8 Å². The fraction of sp³-hybridized carbons (Fsp3) is 0. The molecule has 2 N–H and O–H groups in total. The zero-order chi connectivity index (χ0) is 20.9. The van der Waals surface area contributed by atoms with E-state index in [0.717, 1.165) is 5.56 Å². The lowest BCUT2D eigenvalue weighted by Crippen LogP contribution is -2.13. The van der Waals surface area contributed by atoms with E-state index in [2.05, 4.69) is 10.6 Å². The molecule has 0 radical (unpaired) electrons. The summed E-state index contributed by atoms with van der Waals surface area (Å²) in [6, 6.07) is 26.3. The predicted molar refractivity (Wildman–Crippen MR) is 118 cm³/mol. The maximum Gasteiger partial charge on any atom is 0.291 e. The minimum Gasteiger partial charge on any atom is -0.451 e. The quantitative estimate of drug-likeness (QED) is 0.412. The normalized spacial score (nSPS) is 10.4. The van der Waals surface area contributed by atoms with Crippen LogP contribution in [0.25, 0.3) is 11.3 Å². The Bertz CT molecular complexity index is 1200. The first-order chi connectivity index (χ1) is 14.6. The Morgan fingerprint density at radius 3 is 2.13 bits per heavy atom. The number of halogens is 1. The van der Waals surface area contributed by atoms with Gasteiger partial charge in [-0.15, -0.1) is 0 Å². The number of benzene rings is 3. The molecule has 0 saturated carbocycles. The molecule has 0 unspecified atom stereocenters. The van der Waals surface area contributed by atoms with E-state index in [1.807, 2.05) is 18.2 Å². The number of hydrogen-bond donors (Lipinski definition) is 2. The molecule has 30 heavy (non-hydrogen) atoms. The van der Waals surface area contributed by atoms with Gasteiger partial charge in [-0.25, -0.2) is 0 Å². The molecule has 0 fully saturated rings. The van der Waals surface area contributed by atoms with E-state index in [-0.39, 0.29) is 11.7 Å². The van der Waals surface area contributed by atoms with Crippen molar-refractivity contribution in [3.8, 4) is 11.3 Å². The Morgan fingerprint density at radius 1 is 0.700 bits per heavy atom. The number of amides is 2. The monoisotopic (exact) mass is 416 g/mol. The zero-order valence-corrected chi connectivity index (χ0v) is 16.5. The standard InChI is InChI=1S/C24H17ClN2O3/c25-18-9-4-8-17(14-18)21-12-13-22(30-21)24(29)27-20-11-5-10-19(15-20)26-23(28)16-6-2-1-3-7-16/h1-15H,(H,26,28)(H,27,29). The van der Waals surface area contributed by atoms with Gasteiger partial charge in [0, 0.05) is 27.5 Å². The second-order valence-electron chi connectivity index (χ2n) is 6.53. The molecule has 2 amide bonds. The molecule has 6 heteroatoms. The molecular formula is C24H17ClN2O3. The highest BCUT2D eigenvalue weighted by Gasteiger charge is 2.13. The molecule has 0 saturated heterocycles. The Kier molecular flexibility index (Phi) is 5.63. The molecule has 0 aliphatic heterocycles. The maximum atomic E-state index is 12.6. The van der Waals surface area contributed by atoms with Gasteiger partial charge in [0.2, 0.25) is 0 Å². The largest absolute Gasteiger partial charge is 0.451 e. The molecule has 148 valence electrons. The zero-order valence-electron chi connectivity index (χ0n) is 15.8. The maximum absolute atomic E-state index is 12.6. The Balaban J connectivity index is 1.45. The van der Waals surface area contributed by atoms with Gasteiger partial charge in [-0.3, -0.25) is 9.59 Å². The van der Waals surface area contributed by atoms with Gasteiger partial charge in [-0.05, 0) is 54.6 Å². The molecule has 4 rings (SSSR count). The van der Waals surface area contributed by atoms with Crippen molar-refractivity contribution in [1.82, 2.24) is 0 Å². The molecule has 0 atom stereocenters. The van der Waals surface area contributed by atoms with Crippen LogP contribution in [0.3, 0.4) is 0 Å². The Hall–Kier alpha value is -3.83. The van der Waals surface area contributed by atoms with Crippen LogP contribution in [0, 0.1) is 0 Å². The first kappa shape index (κ1) is 19.5. The van der Waals surface area contributed by atoms with Crippen molar-refractivity contribution in [1.29, 1.82) is 0 Å². The minimum absolute atomic E-state index is 0.170. The lowest BCUT2D eigenvalue weighted by Gasteiger charge is -2.08. The van der Waals surface area contributed by atoms with Gasteiger partial charge in [0.05, 0.1) is 0 Å². The van der Waals surface area contributed by atoms with Crippen molar-refractivity contribution in [3.63, 3.8) is 0 Å². The van der Waals surface area contributed by atoms with E-state index in [9.17, 15) is 9.59 Å². The van der Waals surface area contributed by atoms with Crippen LogP contribution in [0.4, 0.5) is 11.4 Å². The highest BCUT2D eigenvalue weighted by molar-refractivity contribution is 6.30. The van der Waals surface area contributed by atoms with Crippen molar-refractivity contribution in [2.24, 2.45) is 0 Å². The van der Waals surface area contributed by atoms with Crippen molar-refractivity contribution in [2.45, 2.75) is 0 Å². The number of nitrogens with one attached hydrogen (secondary N) is 2. The summed E-state index contributed by atoms with van der Waals surface area (Å²) >= 11 is 6.01. The molecule has 0 spiro atoms. The van der Waals surface area contributed by atoms with Crippen LogP contribution in [0.5, 0.6) is 0 Å². The summed E-state index contributed by atoms with van der Waals surface area (Å²) < 4.78 is 5.67. The molecule has 0 aliphatic carbocycles. The highest BCUT2D eigenvalue weighted by Crippen LogP contribution is 2.25. The van der Waals surface area contributed by atoms with Gasteiger partial charge in [-0.1, -0.05) is 48.0 Å². The van der Waals surface area contributed by atoms with Gasteiger partial charge < -0.3 is 15.1 Å². The van der Waals surface area contributed by atoms with Crippen LogP contribution in [0.15, 0.2) is 95.4 Å². The van der Waals surface area contributed by atoms with E-state index >= 15 is 0 Å². The molecule has 1 heterocycles. The molecule has 0 aliphatic rings. The summed E-state index contributed by atoms with van der Waals surface area (Å²) in [7, 11) is 0. The van der Waals surface area contributed by atoms with Crippen molar-refractivity contribution < 1.29 is 14.0 Å². The predicted octanol–water partition coefficient (Wildman–Crippen LogP) is 6.10. The summed E-state index contributed by atoms with van der Waals surface area (Å²) in [4.78, 5) is 24.9. The van der Waals surface area contributed by atoms with Crippen LogP contribution < -0.4 is 10.6 Å². The van der Waals surface area contributed by atoms with Gasteiger partial charge in [-0.2, -0.15) is 0 Å². The van der Waals surface area contributed by atoms with Crippen LogP contribution >= 0.6 is 11.6 Å². The lowest BCUT2D eigenvalue weighted by atomic mass is 10.2. The first-order valence-corrected chi connectivity index (χ1v) is 9.60. The van der Waals surface area contributed by atoms with Crippen LogP contribution in [-0.2, 0) is 0 Å². The van der Waals surface area contributed by atoms with Crippen LogP contribution in [0.2, 0.25) is 5.02 Å². The number of anilines is 2. The first-order valence-electron chi connectivity index (χ1n) is 9.22. The summed E-state index contributed by atoms with van der Waals surface area (Å²) in [6.07, 6.45) is 0. The number of carbonyl (C=O) groups is 2. The van der Waals surface area contributed by atoms with Gasteiger partial charge in [0.25, 0.3) is 11.8 Å². The summed E-state index contributed by atoms with van der Waals surface area (Å²) in [6.45, 7) is 0. The SMILES string of the molecule is O=C(Nc1cccc(NC(=O)c2ccc(-c3cccc(Cl)c3)o2)c1)c1ccccc1. The van der Waals surface area contributed by atoms with Crippen molar-refractivity contribution in [3.05, 3.63) is 107 Å². The van der Waals surface area contributed by atoms with E-state index in [4.69, 9.17) is 16.0 Å². The van der Waals surface area contributed by atoms with E-state index < -0.39 is 5.91 Å². The second-order valence-corrected chi connectivity index (χ2v) is 6.97. The van der Waals surface area contributed by atoms with E-state index in [1.165, 1.54) is 0 Å². The smallest absolute Gasteiger partial charge is 0.291 e. The molecule has 3 aromatic carbocycles. The van der Waals surface area contributed by atoms with Crippen molar-refractivity contribution >= 4 is 34.8 Å². The summed E-state index contributed by atoms with van der Waals surface area (Å²) in [5, 5.41) is 6.18. The minimum atomic E-state index is -0.394. The number of hydrogen-bond acceptors (Lipinski definition) is 3. The third-order valence-corrected chi connectivity index (χ3v) is 4.59. The second kappa shape index (κ2) is 8.68. The molecule has 1 aromatic heterocycles. The number of carbonyl (C=O) groups excluding carboxylic acids is 2. The van der Waals surface area contributed by atoms with E-state index in [0.29, 0.717) is 27.7 Å². The molecule has 0 bridgehead atoms. The van der Waals surface area contributed by atoms with Crippen molar-refractivity contribution in [2.75, 3.05) is 10.6 Å². The van der Waals surface area contributed by atoms with Gasteiger partial charge >= 0.3 is 0 Å². The fourth-order valence-electron chi connectivity index (χ4n) is 2.92. The summed E-state index contributed by atoms with van der Waals surface area (Å²) in [5.74, 6) is 0.0984. The molecule has 5 nitrogen and oxygen atoms in total. The average Bonchev–Trinajstić information content (AvgIpc) is 3.25. The lowest BCUT2D eigenvalue weighted by molar-refractivity contribution is 0.0995. The average molecular weight is 417 g/mol. The van der Waals surface area contributed by atoms with Crippen LogP contribution in [0.1, 0.15) is 20.9 Å². The fourth-order valence-corrected chi connectivity index (χ4v) is 3.11. The van der Waals surface area contributed by atoms with Gasteiger partial charge in [0.15, 0.2) is 5.76 Å². The van der Waals surface area contributed by atoms with Gasteiger partial charge in [0.1, 0.15) is 5.76 Å². The van der Waals surface area contributed by atoms with Crippen LogP contribution in [-0.4, -0.2) is 11.8 Å². The number of rotatable bonds is 5. The number of furan rings is 1. The Labute approximate surface area is 178 Å². The molecule has 4 aromatic rings. The highest BCUT2D eigenvalue weighted by atomic mass is 35.5. The molecular weight excluding hydrogens is 400 g/mol. The summed E-state index contributed by atoms with van der Waals surface area (Å²) in [5.41, 5.74) is 2.44. The topological polar surface area (TPSA) is 71.3 Å².